The van der Waals surface area contributed by atoms with Crippen LogP contribution in [-0.2, 0) is 19.6 Å². The molecule has 3 aliphatic heterocycles. The van der Waals surface area contributed by atoms with Gasteiger partial charge in [-0.25, -0.2) is 26.3 Å². The highest BCUT2D eigenvalue weighted by Crippen LogP contribution is 2.37. The standard InChI is InChI=1S/C35H55F2N5O5S/c1-35(2,3)47-34(44)40-19-17-39(18-20-40)25-33(43)42(24-26-5-6-26)31-9-12-38(13-10-31)14-11-32(28-21-29(36)23-30(37)22-28)27-7-15-41(16-8-27)48(4,45)46/h21-23,26-27,31-32H,5-20,24-25H2,1-4H3. The minimum atomic E-state index is -3.27. The van der Waals surface area contributed by atoms with Crippen LogP contribution in [0.25, 0.3) is 0 Å². The van der Waals surface area contributed by atoms with Crippen LogP contribution in [0.5, 0.6) is 0 Å². The molecule has 1 aromatic rings. The van der Waals surface area contributed by atoms with E-state index >= 15 is 0 Å². The fourth-order valence-electron chi connectivity index (χ4n) is 7.58. The van der Waals surface area contributed by atoms with Crippen molar-refractivity contribution < 1.29 is 31.5 Å². The summed E-state index contributed by atoms with van der Waals surface area (Å²) < 4.78 is 59.8. The highest BCUT2D eigenvalue weighted by molar-refractivity contribution is 7.88. The van der Waals surface area contributed by atoms with Crippen molar-refractivity contribution in [2.75, 3.05) is 78.2 Å². The molecule has 0 radical (unpaired) electrons. The summed E-state index contributed by atoms with van der Waals surface area (Å²) in [6, 6.07) is 3.95. The molecule has 1 aromatic carbocycles. The van der Waals surface area contributed by atoms with Gasteiger partial charge < -0.3 is 19.4 Å². The molecule has 0 bridgehead atoms. The number of piperazine rings is 1. The summed E-state index contributed by atoms with van der Waals surface area (Å²) in [4.78, 5) is 34.6. The summed E-state index contributed by atoms with van der Waals surface area (Å²) in [5.41, 5.74) is 0.110. The van der Waals surface area contributed by atoms with E-state index < -0.39 is 27.3 Å². The zero-order valence-corrected chi connectivity index (χ0v) is 30.0. The minimum absolute atomic E-state index is 0.0710. The number of benzene rings is 1. The molecule has 1 saturated carbocycles. The van der Waals surface area contributed by atoms with E-state index in [1.807, 2.05) is 20.8 Å². The fraction of sp³-hybridized carbons (Fsp3) is 0.771. The number of piperidine rings is 2. The van der Waals surface area contributed by atoms with Gasteiger partial charge in [0.2, 0.25) is 15.9 Å². The number of likely N-dealkylation sites (tertiary alicyclic amines) is 1. The van der Waals surface area contributed by atoms with Crippen molar-refractivity contribution in [1.29, 1.82) is 0 Å². The number of sulfonamides is 1. The zero-order chi connectivity index (χ0) is 34.6. The van der Waals surface area contributed by atoms with Gasteiger partial charge >= 0.3 is 6.09 Å². The summed E-state index contributed by atoms with van der Waals surface area (Å²) in [6.45, 7) is 12.5. The summed E-state index contributed by atoms with van der Waals surface area (Å²) in [5.74, 6) is -0.362. The quantitative estimate of drug-likeness (QED) is 0.340. The molecule has 0 spiro atoms. The van der Waals surface area contributed by atoms with Crippen molar-refractivity contribution >= 4 is 22.0 Å². The van der Waals surface area contributed by atoms with E-state index in [4.69, 9.17) is 4.74 Å². The predicted octanol–water partition coefficient (Wildman–Crippen LogP) is 4.37. The van der Waals surface area contributed by atoms with Gasteiger partial charge in [0.25, 0.3) is 0 Å². The van der Waals surface area contributed by atoms with Gasteiger partial charge in [-0.3, -0.25) is 9.69 Å². The minimum Gasteiger partial charge on any atom is -0.444 e. The number of hydrogen-bond donors (Lipinski definition) is 0. The Morgan fingerprint density at radius 2 is 1.48 bits per heavy atom. The van der Waals surface area contributed by atoms with Gasteiger partial charge in [-0.15, -0.1) is 0 Å². The second-order valence-electron chi connectivity index (χ2n) is 15.4. The summed E-state index contributed by atoms with van der Waals surface area (Å²) in [6.07, 6.45) is 7.08. The molecular formula is C35H55F2N5O5S. The van der Waals surface area contributed by atoms with Gasteiger partial charge in [-0.05, 0) is 108 Å². The van der Waals surface area contributed by atoms with Crippen LogP contribution in [0.2, 0.25) is 0 Å². The largest absolute Gasteiger partial charge is 0.444 e. The monoisotopic (exact) mass is 695 g/mol. The van der Waals surface area contributed by atoms with E-state index in [2.05, 4.69) is 14.7 Å². The van der Waals surface area contributed by atoms with Gasteiger partial charge in [-0.1, -0.05) is 0 Å². The van der Waals surface area contributed by atoms with Crippen molar-refractivity contribution in [3.05, 3.63) is 35.4 Å². The molecule has 4 aliphatic rings. The molecule has 3 heterocycles. The van der Waals surface area contributed by atoms with Crippen LogP contribution < -0.4 is 0 Å². The third kappa shape index (κ3) is 10.6. The Labute approximate surface area is 285 Å². The Morgan fingerprint density at radius 3 is 2.02 bits per heavy atom. The molecule has 10 nitrogen and oxygen atoms in total. The van der Waals surface area contributed by atoms with Gasteiger partial charge in [0.1, 0.15) is 17.2 Å². The Bertz CT molecular complexity index is 1340. The Hall–Kier alpha value is -2.35. The van der Waals surface area contributed by atoms with Gasteiger partial charge in [0.15, 0.2) is 0 Å². The predicted molar refractivity (Wildman–Crippen MR) is 181 cm³/mol. The third-order valence-electron chi connectivity index (χ3n) is 10.5. The molecule has 1 aliphatic carbocycles. The second-order valence-corrected chi connectivity index (χ2v) is 17.4. The Morgan fingerprint density at radius 1 is 0.875 bits per heavy atom. The van der Waals surface area contributed by atoms with Crippen LogP contribution in [0.3, 0.4) is 0 Å². The molecular weight excluding hydrogens is 640 g/mol. The first kappa shape index (κ1) is 36.9. The second kappa shape index (κ2) is 15.7. The Kier molecular flexibility index (Phi) is 12.1. The number of nitrogens with zero attached hydrogens (tertiary/aromatic N) is 5. The SMILES string of the molecule is CC(C)(C)OC(=O)N1CCN(CC(=O)N(CC2CC2)C2CCN(CCC(c3cc(F)cc(F)c3)C3CCN(S(C)(=O)=O)CC3)CC2)CC1. The molecule has 4 fully saturated rings. The number of ether oxygens (including phenoxy) is 1. The number of halogens is 2. The molecule has 270 valence electrons. The normalized spacial score (nSPS) is 22.1. The van der Waals surface area contributed by atoms with E-state index in [0.29, 0.717) is 70.1 Å². The Balaban J connectivity index is 1.14. The highest BCUT2D eigenvalue weighted by Gasteiger charge is 2.36. The lowest BCUT2D eigenvalue weighted by molar-refractivity contribution is -0.136. The zero-order valence-electron chi connectivity index (χ0n) is 29.2. The lowest BCUT2D eigenvalue weighted by atomic mass is 9.78. The molecule has 0 N–H and O–H groups in total. The van der Waals surface area contributed by atoms with E-state index in [-0.39, 0.29) is 29.9 Å². The lowest BCUT2D eigenvalue weighted by Gasteiger charge is -2.41. The number of rotatable bonds is 11. The number of amides is 2. The van der Waals surface area contributed by atoms with E-state index in [1.54, 1.807) is 4.90 Å². The highest BCUT2D eigenvalue weighted by atomic mass is 32.2. The molecule has 0 aromatic heterocycles. The van der Waals surface area contributed by atoms with Crippen molar-refractivity contribution in [1.82, 2.24) is 23.9 Å². The number of carbonyl (C=O) groups excluding carboxylic acids is 2. The van der Waals surface area contributed by atoms with Crippen molar-refractivity contribution in [3.63, 3.8) is 0 Å². The van der Waals surface area contributed by atoms with E-state index in [0.717, 1.165) is 51.5 Å². The molecule has 1 unspecified atom stereocenters. The van der Waals surface area contributed by atoms with Gasteiger partial charge in [0.05, 0.1) is 12.8 Å². The van der Waals surface area contributed by atoms with Crippen LogP contribution in [0.4, 0.5) is 13.6 Å². The molecule has 13 heteroatoms. The molecule has 48 heavy (non-hydrogen) atoms. The number of hydrogen-bond acceptors (Lipinski definition) is 7. The van der Waals surface area contributed by atoms with Crippen molar-refractivity contribution in [3.8, 4) is 0 Å². The maximum atomic E-state index is 14.3. The van der Waals surface area contributed by atoms with E-state index in [1.165, 1.54) is 35.5 Å². The van der Waals surface area contributed by atoms with Crippen LogP contribution >= 0.6 is 0 Å². The van der Waals surface area contributed by atoms with E-state index in [9.17, 15) is 26.8 Å². The maximum absolute atomic E-state index is 14.3. The molecule has 3 saturated heterocycles. The first-order valence-electron chi connectivity index (χ1n) is 17.8. The topological polar surface area (TPSA) is 93.7 Å². The lowest BCUT2D eigenvalue weighted by Crippen LogP contribution is -2.54. The fourth-order valence-corrected chi connectivity index (χ4v) is 8.45. The molecule has 2 amide bonds. The summed E-state index contributed by atoms with van der Waals surface area (Å²) in [5, 5.41) is 0. The first-order valence-corrected chi connectivity index (χ1v) is 19.6. The van der Waals surface area contributed by atoms with Crippen molar-refractivity contribution in [2.24, 2.45) is 11.8 Å². The smallest absolute Gasteiger partial charge is 0.410 e. The summed E-state index contributed by atoms with van der Waals surface area (Å²) in [7, 11) is -3.27. The summed E-state index contributed by atoms with van der Waals surface area (Å²) >= 11 is 0. The molecule has 1 atom stereocenters. The van der Waals surface area contributed by atoms with Crippen LogP contribution in [0, 0.1) is 23.5 Å². The number of carbonyl (C=O) groups is 2. The van der Waals surface area contributed by atoms with Crippen LogP contribution in [0.1, 0.15) is 77.2 Å². The molecule has 5 rings (SSSR count). The van der Waals surface area contributed by atoms with Gasteiger partial charge in [0, 0.05) is 71.0 Å². The van der Waals surface area contributed by atoms with Crippen LogP contribution in [0.15, 0.2) is 18.2 Å². The average molecular weight is 696 g/mol. The average Bonchev–Trinajstić information content (AvgIpc) is 3.84. The maximum Gasteiger partial charge on any atom is 0.410 e. The van der Waals surface area contributed by atoms with Crippen molar-refractivity contribution in [2.45, 2.75) is 83.3 Å². The third-order valence-corrected chi connectivity index (χ3v) is 11.8. The van der Waals surface area contributed by atoms with Crippen LogP contribution in [-0.4, -0.2) is 134 Å². The first-order chi connectivity index (χ1) is 22.6. The van der Waals surface area contributed by atoms with Gasteiger partial charge in [-0.2, -0.15) is 0 Å².